The molecule has 0 heterocycles. The molecule has 0 aliphatic carbocycles. The smallest absolute Gasteiger partial charge is 0.0405 e. The summed E-state index contributed by atoms with van der Waals surface area (Å²) in [4.78, 5) is 0. The van der Waals surface area contributed by atoms with Crippen molar-refractivity contribution in [2.75, 3.05) is 12.9 Å². The molecule has 1 nitrogen and oxygen atoms in total. The van der Waals surface area contributed by atoms with Crippen molar-refractivity contribution in [1.82, 2.24) is 5.32 Å². The van der Waals surface area contributed by atoms with Gasteiger partial charge in [-0.05, 0) is 19.9 Å². The molecule has 0 rings (SSSR count). The third-order valence-electron chi connectivity index (χ3n) is 2.14. The van der Waals surface area contributed by atoms with Crippen LogP contribution in [0.15, 0.2) is 0 Å². The molecule has 1 N–H and O–H groups in total. The minimum atomic E-state index is 0.182. The summed E-state index contributed by atoms with van der Waals surface area (Å²) in [6.45, 7) is 4.31. The minimum absolute atomic E-state index is 0.182. The molecule has 0 aliphatic rings. The summed E-state index contributed by atoms with van der Waals surface area (Å²) in [6, 6.07) is 0. The zero-order valence-electron chi connectivity index (χ0n) is 6.50. The molecule has 0 unspecified atom stereocenters. The number of hydrogen-bond donors (Lipinski definition) is 1. The fourth-order valence-electron chi connectivity index (χ4n) is 0.859. The highest BCUT2D eigenvalue weighted by Gasteiger charge is 2.21. The first-order valence-corrected chi connectivity index (χ1v) is 4.03. The number of rotatable bonds is 4. The van der Waals surface area contributed by atoms with Crippen LogP contribution in [0.25, 0.3) is 0 Å². The van der Waals surface area contributed by atoms with Crippen LogP contribution in [0.2, 0.25) is 0 Å². The van der Waals surface area contributed by atoms with Gasteiger partial charge in [-0.3, -0.25) is 0 Å². The van der Waals surface area contributed by atoms with E-state index in [1.54, 1.807) is 0 Å². The molecule has 0 aromatic rings. The van der Waals surface area contributed by atoms with Crippen LogP contribution < -0.4 is 5.32 Å². The van der Waals surface area contributed by atoms with Crippen molar-refractivity contribution in [1.29, 1.82) is 0 Å². The Morgan fingerprint density at radius 1 is 1.33 bits per heavy atom. The second-order valence-corrected chi connectivity index (χ2v) is 2.64. The maximum atomic E-state index is 5.76. The fourth-order valence-corrected chi connectivity index (χ4v) is 1.37. The van der Waals surface area contributed by atoms with Crippen LogP contribution in [-0.2, 0) is 0 Å². The maximum absolute atomic E-state index is 5.76. The van der Waals surface area contributed by atoms with Gasteiger partial charge in [0.05, 0.1) is 0 Å². The van der Waals surface area contributed by atoms with E-state index in [0.29, 0.717) is 5.88 Å². The predicted molar refractivity (Wildman–Crippen MR) is 43.1 cm³/mol. The molecule has 0 aromatic carbocycles. The van der Waals surface area contributed by atoms with E-state index < -0.39 is 0 Å². The Balaban J connectivity index is 3.82. The zero-order valence-corrected chi connectivity index (χ0v) is 7.26. The van der Waals surface area contributed by atoms with Gasteiger partial charge in [-0.15, -0.1) is 11.6 Å². The first kappa shape index (κ1) is 9.25. The van der Waals surface area contributed by atoms with Gasteiger partial charge in [0.15, 0.2) is 0 Å². The Kier molecular flexibility index (Phi) is 4.24. The van der Waals surface area contributed by atoms with Crippen LogP contribution in [0.1, 0.15) is 26.7 Å². The third-order valence-corrected chi connectivity index (χ3v) is 2.65. The second-order valence-electron chi connectivity index (χ2n) is 2.37. The summed E-state index contributed by atoms with van der Waals surface area (Å²) in [6.07, 6.45) is 2.20. The number of hydrogen-bond acceptors (Lipinski definition) is 1. The average Bonchev–Trinajstić information content (AvgIpc) is 1.95. The molecule has 0 bridgehead atoms. The summed E-state index contributed by atoms with van der Waals surface area (Å²) in [7, 11) is 1.97. The Hall–Kier alpha value is 0.250. The summed E-state index contributed by atoms with van der Waals surface area (Å²) in [5.41, 5.74) is 0.182. The standard InChI is InChI=1S/C7H16ClN/c1-4-7(5-2,6-8)9-3/h9H,4-6H2,1-3H3. The van der Waals surface area contributed by atoms with Crippen LogP contribution in [0.5, 0.6) is 0 Å². The second kappa shape index (κ2) is 4.13. The van der Waals surface area contributed by atoms with E-state index in [9.17, 15) is 0 Å². The van der Waals surface area contributed by atoms with Crippen LogP contribution >= 0.6 is 11.6 Å². The van der Waals surface area contributed by atoms with Gasteiger partial charge in [-0.1, -0.05) is 13.8 Å². The Bertz CT molecular complexity index is 51.8. The summed E-state index contributed by atoms with van der Waals surface area (Å²) in [5.74, 6) is 0.705. The van der Waals surface area contributed by atoms with Crippen LogP contribution in [0.4, 0.5) is 0 Å². The first-order chi connectivity index (χ1) is 4.24. The summed E-state index contributed by atoms with van der Waals surface area (Å²) in [5, 5.41) is 3.23. The van der Waals surface area contributed by atoms with E-state index in [2.05, 4.69) is 19.2 Å². The van der Waals surface area contributed by atoms with Crippen molar-refractivity contribution in [2.24, 2.45) is 0 Å². The van der Waals surface area contributed by atoms with Gasteiger partial charge in [-0.25, -0.2) is 0 Å². The highest BCUT2D eigenvalue weighted by molar-refractivity contribution is 6.18. The van der Waals surface area contributed by atoms with E-state index in [1.807, 2.05) is 7.05 Å². The van der Waals surface area contributed by atoms with Crippen LogP contribution in [0.3, 0.4) is 0 Å². The number of nitrogens with one attached hydrogen (secondary N) is 1. The first-order valence-electron chi connectivity index (χ1n) is 3.49. The lowest BCUT2D eigenvalue weighted by molar-refractivity contribution is 0.365. The molecule has 56 valence electrons. The van der Waals surface area contributed by atoms with Gasteiger partial charge in [0.1, 0.15) is 0 Å². The summed E-state index contributed by atoms with van der Waals surface area (Å²) < 4.78 is 0. The minimum Gasteiger partial charge on any atom is -0.313 e. The lowest BCUT2D eigenvalue weighted by atomic mass is 9.96. The van der Waals surface area contributed by atoms with Gasteiger partial charge in [-0.2, -0.15) is 0 Å². The Morgan fingerprint density at radius 3 is 1.78 bits per heavy atom. The number of alkyl halides is 1. The van der Waals surface area contributed by atoms with Gasteiger partial charge >= 0.3 is 0 Å². The van der Waals surface area contributed by atoms with Gasteiger partial charge in [0, 0.05) is 11.4 Å². The monoisotopic (exact) mass is 149 g/mol. The quantitative estimate of drug-likeness (QED) is 0.603. The average molecular weight is 150 g/mol. The van der Waals surface area contributed by atoms with Crippen molar-refractivity contribution in [3.05, 3.63) is 0 Å². The molecule has 0 radical (unpaired) electrons. The molecule has 9 heavy (non-hydrogen) atoms. The molecule has 0 fully saturated rings. The molecule has 0 spiro atoms. The Morgan fingerprint density at radius 2 is 1.78 bits per heavy atom. The molecule has 0 aliphatic heterocycles. The maximum Gasteiger partial charge on any atom is 0.0405 e. The Labute approximate surface area is 62.8 Å². The normalized spacial score (nSPS) is 12.0. The topological polar surface area (TPSA) is 12.0 Å². The van der Waals surface area contributed by atoms with Crippen molar-refractivity contribution in [2.45, 2.75) is 32.2 Å². The van der Waals surface area contributed by atoms with E-state index in [4.69, 9.17) is 11.6 Å². The fraction of sp³-hybridized carbons (Fsp3) is 1.00. The molecule has 0 amide bonds. The molecule has 0 saturated carbocycles. The molecule has 0 saturated heterocycles. The van der Waals surface area contributed by atoms with Crippen molar-refractivity contribution in [3.63, 3.8) is 0 Å². The van der Waals surface area contributed by atoms with Crippen molar-refractivity contribution >= 4 is 11.6 Å². The van der Waals surface area contributed by atoms with E-state index in [0.717, 1.165) is 12.8 Å². The lowest BCUT2D eigenvalue weighted by Gasteiger charge is -2.28. The molecule has 2 heteroatoms. The van der Waals surface area contributed by atoms with Crippen molar-refractivity contribution < 1.29 is 0 Å². The third kappa shape index (κ3) is 2.15. The zero-order chi connectivity index (χ0) is 7.33. The predicted octanol–water partition coefficient (Wildman–Crippen LogP) is 2.00. The van der Waals surface area contributed by atoms with Gasteiger partial charge in [0.25, 0.3) is 0 Å². The molecule has 0 aromatic heterocycles. The van der Waals surface area contributed by atoms with Gasteiger partial charge < -0.3 is 5.32 Å². The molecular formula is C7H16ClN. The SMILES string of the molecule is CCC(CC)(CCl)NC. The number of halogens is 1. The van der Waals surface area contributed by atoms with E-state index in [-0.39, 0.29) is 5.54 Å². The van der Waals surface area contributed by atoms with Gasteiger partial charge in [0.2, 0.25) is 0 Å². The van der Waals surface area contributed by atoms with Crippen molar-refractivity contribution in [3.8, 4) is 0 Å². The van der Waals surface area contributed by atoms with Crippen LogP contribution in [0, 0.1) is 0 Å². The van der Waals surface area contributed by atoms with E-state index in [1.165, 1.54) is 0 Å². The van der Waals surface area contributed by atoms with Crippen LogP contribution in [-0.4, -0.2) is 18.5 Å². The molecule has 0 atom stereocenters. The molecular weight excluding hydrogens is 134 g/mol. The lowest BCUT2D eigenvalue weighted by Crippen LogP contribution is -2.43. The highest BCUT2D eigenvalue weighted by Crippen LogP contribution is 2.15. The highest BCUT2D eigenvalue weighted by atomic mass is 35.5. The van der Waals surface area contributed by atoms with E-state index >= 15 is 0 Å². The summed E-state index contributed by atoms with van der Waals surface area (Å²) >= 11 is 5.76. The largest absolute Gasteiger partial charge is 0.313 e.